The molecule has 1 aliphatic heterocycles. The molecule has 27 heavy (non-hydrogen) atoms. The number of nitrogens with zero attached hydrogens (tertiary/aromatic N) is 2. The van der Waals surface area contributed by atoms with Gasteiger partial charge in [0.25, 0.3) is 5.91 Å². The van der Waals surface area contributed by atoms with E-state index in [9.17, 15) is 17.6 Å². The number of hydrogen-bond donors (Lipinski definition) is 1. The molecule has 6 nitrogen and oxygen atoms in total. The second-order valence-electron chi connectivity index (χ2n) is 6.57. The van der Waals surface area contributed by atoms with E-state index in [1.807, 2.05) is 0 Å². The highest BCUT2D eigenvalue weighted by molar-refractivity contribution is 7.89. The molecule has 1 aromatic carbocycles. The zero-order valence-electron chi connectivity index (χ0n) is 14.9. The molecule has 1 aromatic heterocycles. The van der Waals surface area contributed by atoms with E-state index in [-0.39, 0.29) is 21.3 Å². The molecule has 0 bridgehead atoms. The van der Waals surface area contributed by atoms with Crippen LogP contribution in [0.1, 0.15) is 36.2 Å². The van der Waals surface area contributed by atoms with E-state index in [4.69, 9.17) is 11.6 Å². The van der Waals surface area contributed by atoms with Crippen molar-refractivity contribution in [1.29, 1.82) is 0 Å². The molecule has 2 aromatic rings. The smallest absolute Gasteiger partial charge is 0.272 e. The average Bonchev–Trinajstić information content (AvgIpc) is 2.82. The molecule has 2 heterocycles. The molecule has 9 heteroatoms. The van der Waals surface area contributed by atoms with Crippen LogP contribution in [0.2, 0.25) is 5.02 Å². The van der Waals surface area contributed by atoms with Crippen LogP contribution in [0.25, 0.3) is 0 Å². The highest BCUT2D eigenvalue weighted by atomic mass is 35.5. The Balaban J connectivity index is 1.84. The SMILES string of the molecule is Cn1cc(S(=O)(=O)N2CCCCCC2)cc1C(=O)Nc1ccc(Cl)cc1F. The average molecular weight is 414 g/mol. The maximum Gasteiger partial charge on any atom is 0.272 e. The molecule has 1 amide bonds. The van der Waals surface area contributed by atoms with E-state index in [1.54, 1.807) is 7.05 Å². The fourth-order valence-electron chi connectivity index (χ4n) is 3.11. The standard InChI is InChI=1S/C18H21ClFN3O3S/c1-22-12-14(27(25,26)23-8-4-2-3-5-9-23)11-17(22)18(24)21-16-7-6-13(19)10-15(16)20/h6-7,10-12H,2-5,8-9H2,1H3,(H,21,24). The zero-order valence-corrected chi connectivity index (χ0v) is 16.5. The fourth-order valence-corrected chi connectivity index (χ4v) is 4.86. The lowest BCUT2D eigenvalue weighted by molar-refractivity contribution is 0.101. The summed E-state index contributed by atoms with van der Waals surface area (Å²) in [5, 5.41) is 2.66. The first kappa shape index (κ1) is 19.9. The summed E-state index contributed by atoms with van der Waals surface area (Å²) in [4.78, 5) is 12.6. The van der Waals surface area contributed by atoms with Gasteiger partial charge in [0.2, 0.25) is 10.0 Å². The van der Waals surface area contributed by atoms with E-state index in [2.05, 4.69) is 5.32 Å². The number of hydrogen-bond acceptors (Lipinski definition) is 3. The molecular formula is C18H21ClFN3O3S. The van der Waals surface area contributed by atoms with Crippen LogP contribution in [0.3, 0.4) is 0 Å². The van der Waals surface area contributed by atoms with Crippen LogP contribution in [0.5, 0.6) is 0 Å². The van der Waals surface area contributed by atoms with Crippen LogP contribution in [0.15, 0.2) is 35.4 Å². The predicted octanol–water partition coefficient (Wildman–Crippen LogP) is 3.63. The number of carbonyl (C=O) groups is 1. The number of rotatable bonds is 4. The van der Waals surface area contributed by atoms with Gasteiger partial charge in [0.15, 0.2) is 0 Å². The quantitative estimate of drug-likeness (QED) is 0.831. The number of benzene rings is 1. The van der Waals surface area contributed by atoms with Crippen LogP contribution in [0.4, 0.5) is 10.1 Å². The summed E-state index contributed by atoms with van der Waals surface area (Å²) in [5.74, 6) is -1.27. The van der Waals surface area contributed by atoms with Crippen molar-refractivity contribution in [1.82, 2.24) is 8.87 Å². The first-order valence-corrected chi connectivity index (χ1v) is 10.5. The Morgan fingerprint density at radius 2 is 1.81 bits per heavy atom. The van der Waals surface area contributed by atoms with Crippen molar-refractivity contribution in [3.05, 3.63) is 47.0 Å². The van der Waals surface area contributed by atoms with Crippen molar-refractivity contribution in [2.24, 2.45) is 7.05 Å². The summed E-state index contributed by atoms with van der Waals surface area (Å²) in [7, 11) is -2.09. The molecule has 1 aliphatic rings. The maximum absolute atomic E-state index is 13.9. The number of anilines is 1. The maximum atomic E-state index is 13.9. The third kappa shape index (κ3) is 4.34. The van der Waals surface area contributed by atoms with Crippen LogP contribution in [0, 0.1) is 5.82 Å². The molecule has 3 rings (SSSR count). The summed E-state index contributed by atoms with van der Waals surface area (Å²) in [5.41, 5.74) is 0.0975. The number of sulfonamides is 1. The predicted molar refractivity (Wildman–Crippen MR) is 102 cm³/mol. The van der Waals surface area contributed by atoms with Crippen molar-refractivity contribution < 1.29 is 17.6 Å². The minimum atomic E-state index is -3.67. The minimum Gasteiger partial charge on any atom is -0.345 e. The highest BCUT2D eigenvalue weighted by Gasteiger charge is 2.28. The first-order chi connectivity index (χ1) is 12.8. The van der Waals surface area contributed by atoms with Gasteiger partial charge in [-0.1, -0.05) is 24.4 Å². The van der Waals surface area contributed by atoms with Gasteiger partial charge in [0.1, 0.15) is 16.4 Å². The van der Waals surface area contributed by atoms with Gasteiger partial charge in [0.05, 0.1) is 5.69 Å². The molecule has 0 aliphatic carbocycles. The van der Waals surface area contributed by atoms with Gasteiger partial charge in [-0.25, -0.2) is 12.8 Å². The van der Waals surface area contributed by atoms with Crippen molar-refractivity contribution in [3.63, 3.8) is 0 Å². The Morgan fingerprint density at radius 3 is 2.44 bits per heavy atom. The second kappa shape index (κ2) is 8.00. The van der Waals surface area contributed by atoms with E-state index >= 15 is 0 Å². The van der Waals surface area contributed by atoms with Crippen LogP contribution < -0.4 is 5.32 Å². The molecule has 0 unspecified atom stereocenters. The minimum absolute atomic E-state index is 0.0254. The summed E-state index contributed by atoms with van der Waals surface area (Å²) in [6.45, 7) is 0.962. The Bertz CT molecular complexity index is 951. The van der Waals surface area contributed by atoms with Gasteiger partial charge in [-0.15, -0.1) is 0 Å². The van der Waals surface area contributed by atoms with Crippen LogP contribution in [-0.4, -0.2) is 36.3 Å². The van der Waals surface area contributed by atoms with Gasteiger partial charge in [-0.3, -0.25) is 4.79 Å². The summed E-state index contributed by atoms with van der Waals surface area (Å²) in [6.07, 6.45) is 5.10. The lowest BCUT2D eigenvalue weighted by atomic mass is 10.2. The Labute approximate surface area is 163 Å². The van der Waals surface area contributed by atoms with Gasteiger partial charge >= 0.3 is 0 Å². The molecular weight excluding hydrogens is 393 g/mol. The number of carbonyl (C=O) groups excluding carboxylic acids is 1. The summed E-state index contributed by atoms with van der Waals surface area (Å²) < 4.78 is 42.6. The van der Waals surface area contributed by atoms with Gasteiger partial charge < -0.3 is 9.88 Å². The number of halogens is 2. The molecule has 0 radical (unpaired) electrons. The third-order valence-corrected chi connectivity index (χ3v) is 6.69. The fraction of sp³-hybridized carbons (Fsp3) is 0.389. The number of aryl methyl sites for hydroxylation is 1. The Hall–Kier alpha value is -1.90. The van der Waals surface area contributed by atoms with E-state index in [1.165, 1.54) is 33.3 Å². The Kier molecular flexibility index (Phi) is 5.88. The monoisotopic (exact) mass is 413 g/mol. The molecule has 146 valence electrons. The largest absolute Gasteiger partial charge is 0.345 e. The topological polar surface area (TPSA) is 71.4 Å². The number of nitrogens with one attached hydrogen (secondary N) is 1. The van der Waals surface area contributed by atoms with Crippen LogP contribution >= 0.6 is 11.6 Å². The van der Waals surface area contributed by atoms with E-state index in [0.29, 0.717) is 13.1 Å². The lowest BCUT2D eigenvalue weighted by Gasteiger charge is -2.18. The summed E-state index contributed by atoms with van der Waals surface area (Å²) >= 11 is 5.71. The van der Waals surface area contributed by atoms with Crippen molar-refractivity contribution in [2.45, 2.75) is 30.6 Å². The van der Waals surface area contributed by atoms with Gasteiger partial charge in [0, 0.05) is 31.4 Å². The van der Waals surface area contributed by atoms with Gasteiger partial charge in [-0.2, -0.15) is 4.31 Å². The zero-order chi connectivity index (χ0) is 19.6. The van der Waals surface area contributed by atoms with Crippen molar-refractivity contribution in [2.75, 3.05) is 18.4 Å². The lowest BCUT2D eigenvalue weighted by Crippen LogP contribution is -2.31. The molecule has 0 saturated carbocycles. The molecule has 1 saturated heterocycles. The number of amides is 1. The van der Waals surface area contributed by atoms with E-state index in [0.717, 1.165) is 31.7 Å². The molecule has 1 fully saturated rings. The van der Waals surface area contributed by atoms with Crippen LogP contribution in [-0.2, 0) is 17.1 Å². The Morgan fingerprint density at radius 1 is 1.15 bits per heavy atom. The molecule has 1 N–H and O–H groups in total. The normalized spacial score (nSPS) is 16.1. The molecule has 0 spiro atoms. The second-order valence-corrected chi connectivity index (χ2v) is 8.94. The van der Waals surface area contributed by atoms with Crippen molar-refractivity contribution in [3.8, 4) is 0 Å². The number of aromatic nitrogens is 1. The summed E-state index contributed by atoms with van der Waals surface area (Å²) in [6, 6.07) is 5.23. The van der Waals surface area contributed by atoms with Gasteiger partial charge in [-0.05, 0) is 37.1 Å². The van der Waals surface area contributed by atoms with Crippen molar-refractivity contribution >= 4 is 33.2 Å². The highest BCUT2D eigenvalue weighted by Crippen LogP contribution is 2.24. The third-order valence-electron chi connectivity index (χ3n) is 4.59. The molecule has 0 atom stereocenters. The first-order valence-electron chi connectivity index (χ1n) is 8.72. The van der Waals surface area contributed by atoms with E-state index < -0.39 is 21.7 Å².